The van der Waals surface area contributed by atoms with E-state index in [-0.39, 0.29) is 0 Å². The van der Waals surface area contributed by atoms with Crippen LogP contribution in [-0.4, -0.2) is 18.7 Å². The smallest absolute Gasteiger partial charge is 0.187 e. The molecular formula is C16H15NO2S. The standard InChI is InChI=1S/C16H15NO2S/c1-12-6-2-3-9-14(12)20(18,19)15-10-4-7-13-8-5-11-17-16(13)15/h2-8,10-11,14H,9H2,1H3. The Morgan fingerprint density at radius 1 is 1.20 bits per heavy atom. The molecule has 0 spiro atoms. The lowest BCUT2D eigenvalue weighted by Gasteiger charge is -2.19. The minimum absolute atomic E-state index is 0.323. The molecule has 1 aliphatic rings. The van der Waals surface area contributed by atoms with E-state index in [0.29, 0.717) is 16.8 Å². The van der Waals surface area contributed by atoms with Gasteiger partial charge in [0.05, 0.1) is 15.7 Å². The van der Waals surface area contributed by atoms with Gasteiger partial charge in [-0.1, -0.05) is 42.0 Å². The monoisotopic (exact) mass is 285 g/mol. The van der Waals surface area contributed by atoms with Crippen molar-refractivity contribution in [2.45, 2.75) is 23.5 Å². The van der Waals surface area contributed by atoms with Crippen molar-refractivity contribution in [2.24, 2.45) is 0 Å². The SMILES string of the molecule is CC1=CC=CCC1S(=O)(=O)c1cccc2cccnc12. The van der Waals surface area contributed by atoms with Crippen LogP contribution in [0.3, 0.4) is 0 Å². The van der Waals surface area contributed by atoms with Gasteiger partial charge >= 0.3 is 0 Å². The first-order valence-corrected chi connectivity index (χ1v) is 8.06. The summed E-state index contributed by atoms with van der Waals surface area (Å²) in [7, 11) is -3.42. The summed E-state index contributed by atoms with van der Waals surface area (Å²) >= 11 is 0. The van der Waals surface area contributed by atoms with Crippen molar-refractivity contribution in [3.63, 3.8) is 0 Å². The van der Waals surface area contributed by atoms with E-state index in [1.165, 1.54) is 0 Å². The third kappa shape index (κ3) is 2.06. The summed E-state index contributed by atoms with van der Waals surface area (Å²) in [4.78, 5) is 4.57. The van der Waals surface area contributed by atoms with Crippen LogP contribution in [0.4, 0.5) is 0 Å². The molecule has 3 nitrogen and oxygen atoms in total. The molecule has 0 amide bonds. The lowest BCUT2D eigenvalue weighted by Crippen LogP contribution is -2.23. The third-order valence-corrected chi connectivity index (χ3v) is 5.89. The van der Waals surface area contributed by atoms with Crippen LogP contribution in [0.2, 0.25) is 0 Å². The Morgan fingerprint density at radius 2 is 2.00 bits per heavy atom. The van der Waals surface area contributed by atoms with Crippen LogP contribution in [0.25, 0.3) is 10.9 Å². The second-order valence-electron chi connectivity index (χ2n) is 4.94. The average molecular weight is 285 g/mol. The second-order valence-corrected chi connectivity index (χ2v) is 7.04. The maximum atomic E-state index is 12.9. The number of benzene rings is 1. The molecule has 0 radical (unpaired) electrons. The van der Waals surface area contributed by atoms with E-state index in [0.717, 1.165) is 11.0 Å². The van der Waals surface area contributed by atoms with Crippen molar-refractivity contribution >= 4 is 20.7 Å². The van der Waals surface area contributed by atoms with E-state index >= 15 is 0 Å². The average Bonchev–Trinajstić information content (AvgIpc) is 2.47. The molecule has 1 aromatic carbocycles. The van der Waals surface area contributed by atoms with Gasteiger partial charge in [0.2, 0.25) is 0 Å². The molecule has 0 saturated carbocycles. The van der Waals surface area contributed by atoms with Crippen LogP contribution in [0.15, 0.2) is 65.2 Å². The van der Waals surface area contributed by atoms with E-state index in [1.54, 1.807) is 18.3 Å². The number of sulfone groups is 1. The molecule has 1 aliphatic carbocycles. The minimum Gasteiger partial charge on any atom is -0.255 e. The molecule has 102 valence electrons. The summed E-state index contributed by atoms with van der Waals surface area (Å²) in [5.41, 5.74) is 1.43. The summed E-state index contributed by atoms with van der Waals surface area (Å²) in [6.07, 6.45) is 7.82. The van der Waals surface area contributed by atoms with Crippen molar-refractivity contribution in [3.8, 4) is 0 Å². The van der Waals surface area contributed by atoms with Gasteiger partial charge in [-0.15, -0.1) is 0 Å². The number of hydrogen-bond acceptors (Lipinski definition) is 3. The van der Waals surface area contributed by atoms with Crippen LogP contribution >= 0.6 is 0 Å². The number of aromatic nitrogens is 1. The highest BCUT2D eigenvalue weighted by Gasteiger charge is 2.30. The molecule has 20 heavy (non-hydrogen) atoms. The van der Waals surface area contributed by atoms with Crippen LogP contribution in [-0.2, 0) is 9.84 Å². The Morgan fingerprint density at radius 3 is 2.80 bits per heavy atom. The molecular weight excluding hydrogens is 270 g/mol. The quantitative estimate of drug-likeness (QED) is 0.850. The maximum Gasteiger partial charge on any atom is 0.187 e. The Labute approximate surface area is 118 Å². The van der Waals surface area contributed by atoms with E-state index < -0.39 is 15.1 Å². The van der Waals surface area contributed by atoms with Gasteiger partial charge in [-0.05, 0) is 25.5 Å². The van der Waals surface area contributed by atoms with Crippen molar-refractivity contribution < 1.29 is 8.42 Å². The number of allylic oxidation sites excluding steroid dienone is 3. The van der Waals surface area contributed by atoms with Crippen LogP contribution < -0.4 is 0 Å². The fourth-order valence-corrected chi connectivity index (χ4v) is 4.49. The van der Waals surface area contributed by atoms with Crippen LogP contribution in [0.5, 0.6) is 0 Å². The molecule has 0 fully saturated rings. The van der Waals surface area contributed by atoms with Gasteiger partial charge in [0.15, 0.2) is 9.84 Å². The zero-order valence-electron chi connectivity index (χ0n) is 11.2. The van der Waals surface area contributed by atoms with E-state index in [4.69, 9.17) is 0 Å². The fourth-order valence-electron chi connectivity index (χ4n) is 2.55. The van der Waals surface area contributed by atoms with Gasteiger partial charge in [-0.25, -0.2) is 8.42 Å². The molecule has 1 unspecified atom stereocenters. The molecule has 2 aromatic rings. The predicted molar refractivity (Wildman–Crippen MR) is 80.2 cm³/mol. The topological polar surface area (TPSA) is 47.0 Å². The summed E-state index contributed by atoms with van der Waals surface area (Å²) in [6.45, 7) is 1.87. The lowest BCUT2D eigenvalue weighted by molar-refractivity contribution is 0.586. The van der Waals surface area contributed by atoms with Gasteiger partial charge in [-0.3, -0.25) is 4.98 Å². The number of rotatable bonds is 2. The largest absolute Gasteiger partial charge is 0.255 e. The van der Waals surface area contributed by atoms with Gasteiger partial charge < -0.3 is 0 Å². The van der Waals surface area contributed by atoms with Crippen LogP contribution in [0, 0.1) is 0 Å². The molecule has 3 rings (SSSR count). The number of nitrogens with zero attached hydrogens (tertiary/aromatic N) is 1. The first-order chi connectivity index (χ1) is 9.60. The van der Waals surface area contributed by atoms with Gasteiger partial charge in [0.1, 0.15) is 0 Å². The van der Waals surface area contributed by atoms with Gasteiger partial charge in [-0.2, -0.15) is 0 Å². The molecule has 0 N–H and O–H groups in total. The predicted octanol–water partition coefficient (Wildman–Crippen LogP) is 3.28. The van der Waals surface area contributed by atoms with Gasteiger partial charge in [0.25, 0.3) is 0 Å². The Hall–Kier alpha value is -1.94. The van der Waals surface area contributed by atoms with Gasteiger partial charge in [0, 0.05) is 11.6 Å². The highest BCUT2D eigenvalue weighted by atomic mass is 32.2. The van der Waals surface area contributed by atoms with Crippen molar-refractivity contribution in [1.82, 2.24) is 4.98 Å². The molecule has 0 saturated heterocycles. The van der Waals surface area contributed by atoms with Crippen molar-refractivity contribution in [2.75, 3.05) is 0 Å². The second kappa shape index (κ2) is 4.87. The number of hydrogen-bond donors (Lipinski definition) is 0. The summed E-state index contributed by atoms with van der Waals surface area (Å²) < 4.78 is 25.8. The first-order valence-electron chi connectivity index (χ1n) is 6.51. The molecule has 1 heterocycles. The zero-order chi connectivity index (χ0) is 14.2. The molecule has 1 aromatic heterocycles. The highest BCUT2D eigenvalue weighted by Crippen LogP contribution is 2.30. The Balaban J connectivity index is 2.20. The summed E-state index contributed by atoms with van der Waals surface area (Å²) in [5.74, 6) is 0. The first kappa shape index (κ1) is 13.1. The van der Waals surface area contributed by atoms with Crippen molar-refractivity contribution in [3.05, 3.63) is 60.3 Å². The molecule has 0 aliphatic heterocycles. The van der Waals surface area contributed by atoms with Crippen LogP contribution in [0.1, 0.15) is 13.3 Å². The Kier molecular flexibility index (Phi) is 3.18. The Bertz CT molecular complexity index is 814. The molecule has 0 bridgehead atoms. The summed E-state index contributed by atoms with van der Waals surface area (Å²) in [5, 5.41) is 0.363. The fraction of sp³-hybridized carbons (Fsp3) is 0.188. The molecule has 4 heteroatoms. The van der Waals surface area contributed by atoms with Crippen molar-refractivity contribution in [1.29, 1.82) is 0 Å². The van der Waals surface area contributed by atoms with E-state index in [1.807, 2.05) is 43.4 Å². The zero-order valence-corrected chi connectivity index (χ0v) is 12.0. The number of para-hydroxylation sites is 1. The maximum absolute atomic E-state index is 12.9. The number of fused-ring (bicyclic) bond motifs is 1. The highest BCUT2D eigenvalue weighted by molar-refractivity contribution is 7.92. The van der Waals surface area contributed by atoms with E-state index in [2.05, 4.69) is 4.98 Å². The van der Waals surface area contributed by atoms with E-state index in [9.17, 15) is 8.42 Å². The normalized spacial score (nSPS) is 19.1. The third-order valence-electron chi connectivity index (χ3n) is 3.63. The number of pyridine rings is 1. The minimum atomic E-state index is -3.42. The summed E-state index contributed by atoms with van der Waals surface area (Å²) in [6, 6.07) is 8.99. The lowest BCUT2D eigenvalue weighted by atomic mass is 10.1. The molecule has 1 atom stereocenters.